The lowest BCUT2D eigenvalue weighted by Gasteiger charge is -2.17. The molecule has 0 aromatic heterocycles. The Hall–Kier alpha value is -0.370. The molecule has 2 rings (SSSR count). The minimum atomic E-state index is 0.289. The van der Waals surface area contributed by atoms with Crippen LogP contribution in [0.4, 0.5) is 0 Å². The fourth-order valence-electron chi connectivity index (χ4n) is 1.99. The van der Waals surface area contributed by atoms with Gasteiger partial charge in [0.05, 0.1) is 6.61 Å². The van der Waals surface area contributed by atoms with Gasteiger partial charge in [-0.2, -0.15) is 0 Å². The summed E-state index contributed by atoms with van der Waals surface area (Å²) in [5, 5.41) is 0. The molecular formula is C8H12O2. The van der Waals surface area contributed by atoms with Gasteiger partial charge in [0.2, 0.25) is 0 Å². The molecular weight excluding hydrogens is 128 g/mol. The lowest BCUT2D eigenvalue weighted by atomic mass is 9.86. The Morgan fingerprint density at radius 2 is 2.30 bits per heavy atom. The molecule has 0 N–H and O–H groups in total. The van der Waals surface area contributed by atoms with Gasteiger partial charge in [-0.25, -0.2) is 0 Å². The van der Waals surface area contributed by atoms with E-state index in [0.717, 1.165) is 38.9 Å². The average Bonchev–Trinajstić information content (AvgIpc) is 2.46. The maximum Gasteiger partial charge on any atom is 0.133 e. The highest BCUT2D eigenvalue weighted by Crippen LogP contribution is 2.42. The first-order valence-corrected chi connectivity index (χ1v) is 3.90. The van der Waals surface area contributed by atoms with Gasteiger partial charge >= 0.3 is 0 Å². The van der Waals surface area contributed by atoms with Crippen molar-refractivity contribution in [2.75, 3.05) is 13.2 Å². The highest BCUT2D eigenvalue weighted by atomic mass is 16.5. The Labute approximate surface area is 60.6 Å². The van der Waals surface area contributed by atoms with E-state index in [0.29, 0.717) is 5.78 Å². The van der Waals surface area contributed by atoms with Crippen LogP contribution >= 0.6 is 0 Å². The largest absolute Gasteiger partial charge is 0.381 e. The minimum absolute atomic E-state index is 0.289. The number of Topliss-reactive ketones (excluding diaryl/α,β-unsaturated/α-hetero) is 1. The molecule has 1 aliphatic heterocycles. The van der Waals surface area contributed by atoms with Crippen LogP contribution in [0, 0.1) is 5.41 Å². The fraction of sp³-hybridized carbons (Fsp3) is 0.875. The van der Waals surface area contributed by atoms with Crippen LogP contribution in [0.5, 0.6) is 0 Å². The molecule has 10 heavy (non-hydrogen) atoms. The van der Waals surface area contributed by atoms with Gasteiger partial charge in [-0.05, 0) is 12.8 Å². The summed E-state index contributed by atoms with van der Waals surface area (Å²) in [6, 6.07) is 0. The zero-order valence-electron chi connectivity index (χ0n) is 6.06. The summed E-state index contributed by atoms with van der Waals surface area (Å²) in [5.41, 5.74) is 0.289. The van der Waals surface area contributed by atoms with E-state index in [1.807, 2.05) is 0 Å². The Kier molecular flexibility index (Phi) is 1.31. The first-order chi connectivity index (χ1) is 4.81. The first-order valence-electron chi connectivity index (χ1n) is 3.90. The molecule has 1 spiro atoms. The van der Waals surface area contributed by atoms with E-state index >= 15 is 0 Å². The maximum atomic E-state index is 10.9. The highest BCUT2D eigenvalue weighted by molar-refractivity contribution is 5.81. The molecule has 0 aromatic carbocycles. The number of rotatable bonds is 0. The van der Waals surface area contributed by atoms with Crippen LogP contribution in [0.2, 0.25) is 0 Å². The molecule has 0 amide bonds. The van der Waals surface area contributed by atoms with E-state index < -0.39 is 0 Å². The molecule has 2 nitrogen and oxygen atoms in total. The molecule has 2 fully saturated rings. The molecule has 1 saturated heterocycles. The van der Waals surface area contributed by atoms with E-state index in [4.69, 9.17) is 4.74 Å². The van der Waals surface area contributed by atoms with Crippen molar-refractivity contribution in [3.63, 3.8) is 0 Å². The summed E-state index contributed by atoms with van der Waals surface area (Å²) in [7, 11) is 0. The van der Waals surface area contributed by atoms with Gasteiger partial charge in [-0.3, -0.25) is 4.79 Å². The van der Waals surface area contributed by atoms with E-state index in [1.54, 1.807) is 0 Å². The quantitative estimate of drug-likeness (QED) is 0.504. The van der Waals surface area contributed by atoms with Crippen LogP contribution in [-0.4, -0.2) is 19.0 Å². The summed E-state index contributed by atoms with van der Waals surface area (Å²) in [6.07, 6.45) is 3.76. The predicted octanol–water partition coefficient (Wildman–Crippen LogP) is 1.15. The van der Waals surface area contributed by atoms with Crippen LogP contribution < -0.4 is 0 Å². The molecule has 2 aliphatic rings. The average molecular weight is 140 g/mol. The second-order valence-electron chi connectivity index (χ2n) is 3.52. The van der Waals surface area contributed by atoms with Crippen molar-refractivity contribution in [2.24, 2.45) is 5.41 Å². The molecule has 1 heterocycles. The Bertz CT molecular complexity index is 157. The number of carbonyl (C=O) groups is 1. The number of ketones is 1. The van der Waals surface area contributed by atoms with E-state index in [2.05, 4.69) is 0 Å². The Morgan fingerprint density at radius 3 is 2.80 bits per heavy atom. The van der Waals surface area contributed by atoms with Crippen molar-refractivity contribution < 1.29 is 9.53 Å². The van der Waals surface area contributed by atoms with Crippen molar-refractivity contribution in [3.05, 3.63) is 0 Å². The molecule has 0 unspecified atom stereocenters. The van der Waals surface area contributed by atoms with Gasteiger partial charge < -0.3 is 4.74 Å². The number of carbonyl (C=O) groups excluding carboxylic acids is 1. The van der Waals surface area contributed by atoms with Gasteiger partial charge in [0.1, 0.15) is 5.78 Å². The van der Waals surface area contributed by atoms with Crippen molar-refractivity contribution in [3.8, 4) is 0 Å². The lowest BCUT2D eigenvalue weighted by Crippen LogP contribution is -2.16. The van der Waals surface area contributed by atoms with E-state index in [-0.39, 0.29) is 5.41 Å². The summed E-state index contributed by atoms with van der Waals surface area (Å²) >= 11 is 0. The Balaban J connectivity index is 2.09. The van der Waals surface area contributed by atoms with Gasteiger partial charge in [-0.1, -0.05) is 0 Å². The smallest absolute Gasteiger partial charge is 0.133 e. The first kappa shape index (κ1) is 6.35. The van der Waals surface area contributed by atoms with Crippen molar-refractivity contribution in [1.29, 1.82) is 0 Å². The third-order valence-corrected chi connectivity index (χ3v) is 2.69. The highest BCUT2D eigenvalue weighted by Gasteiger charge is 2.41. The second-order valence-corrected chi connectivity index (χ2v) is 3.52. The standard InChI is InChI=1S/C8H12O2/c9-7-1-2-8(5-7)3-4-10-6-8/h1-6H2/t8-/m0/s1. The van der Waals surface area contributed by atoms with Crippen LogP contribution in [0.3, 0.4) is 0 Å². The van der Waals surface area contributed by atoms with Gasteiger partial charge in [0.25, 0.3) is 0 Å². The topological polar surface area (TPSA) is 26.3 Å². The normalized spacial score (nSPS) is 39.8. The molecule has 1 atom stereocenters. The molecule has 2 heteroatoms. The number of hydrogen-bond acceptors (Lipinski definition) is 2. The van der Waals surface area contributed by atoms with Crippen molar-refractivity contribution in [1.82, 2.24) is 0 Å². The van der Waals surface area contributed by atoms with E-state index in [9.17, 15) is 4.79 Å². The third-order valence-electron chi connectivity index (χ3n) is 2.69. The molecule has 1 saturated carbocycles. The third kappa shape index (κ3) is 0.870. The van der Waals surface area contributed by atoms with Crippen molar-refractivity contribution in [2.45, 2.75) is 25.7 Å². The van der Waals surface area contributed by atoms with Crippen LogP contribution in [0.15, 0.2) is 0 Å². The molecule has 0 bridgehead atoms. The van der Waals surface area contributed by atoms with Crippen LogP contribution in [-0.2, 0) is 9.53 Å². The Morgan fingerprint density at radius 1 is 1.40 bits per heavy atom. The SMILES string of the molecule is O=C1CC[C@]2(CCOC2)C1. The lowest BCUT2D eigenvalue weighted by molar-refractivity contribution is -0.118. The second kappa shape index (κ2) is 2.06. The summed E-state index contributed by atoms with van der Waals surface area (Å²) in [5.74, 6) is 0.436. The monoisotopic (exact) mass is 140 g/mol. The van der Waals surface area contributed by atoms with Gasteiger partial charge in [-0.15, -0.1) is 0 Å². The zero-order chi connectivity index (χ0) is 7.03. The molecule has 1 aliphatic carbocycles. The van der Waals surface area contributed by atoms with Gasteiger partial charge in [0.15, 0.2) is 0 Å². The molecule has 0 radical (unpaired) electrons. The summed E-state index contributed by atoms with van der Waals surface area (Å²) in [6.45, 7) is 1.70. The minimum Gasteiger partial charge on any atom is -0.381 e. The summed E-state index contributed by atoms with van der Waals surface area (Å²) in [4.78, 5) is 10.9. The number of hydrogen-bond donors (Lipinski definition) is 0. The van der Waals surface area contributed by atoms with Gasteiger partial charge in [0, 0.05) is 24.9 Å². The zero-order valence-corrected chi connectivity index (χ0v) is 6.06. The number of ether oxygens (including phenoxy) is 1. The summed E-state index contributed by atoms with van der Waals surface area (Å²) < 4.78 is 5.28. The maximum absolute atomic E-state index is 10.9. The van der Waals surface area contributed by atoms with Crippen LogP contribution in [0.1, 0.15) is 25.7 Å². The molecule has 56 valence electrons. The van der Waals surface area contributed by atoms with Crippen LogP contribution in [0.25, 0.3) is 0 Å². The van der Waals surface area contributed by atoms with Crippen molar-refractivity contribution >= 4 is 5.78 Å². The predicted molar refractivity (Wildman–Crippen MR) is 36.7 cm³/mol. The fourth-order valence-corrected chi connectivity index (χ4v) is 1.99. The van der Waals surface area contributed by atoms with E-state index in [1.165, 1.54) is 0 Å². The molecule has 0 aromatic rings.